The predicted molar refractivity (Wildman–Crippen MR) is 77.8 cm³/mol. The minimum atomic E-state index is -0.889. The van der Waals surface area contributed by atoms with Gasteiger partial charge in [0.15, 0.2) is 0 Å². The van der Waals surface area contributed by atoms with Gasteiger partial charge in [-0.05, 0) is 37.1 Å². The van der Waals surface area contributed by atoms with Gasteiger partial charge in [-0.1, -0.05) is 12.1 Å². The van der Waals surface area contributed by atoms with E-state index in [0.717, 1.165) is 37.2 Å². The predicted octanol–water partition coefficient (Wildman–Crippen LogP) is 2.51. The Morgan fingerprint density at radius 1 is 1.29 bits per heavy atom. The van der Waals surface area contributed by atoms with E-state index in [1.165, 1.54) is 0 Å². The van der Waals surface area contributed by atoms with Gasteiger partial charge in [-0.15, -0.1) is 0 Å². The highest BCUT2D eigenvalue weighted by atomic mass is 16.4. The van der Waals surface area contributed by atoms with Crippen LogP contribution in [0.1, 0.15) is 40.5 Å². The van der Waals surface area contributed by atoms with Crippen LogP contribution in [0.4, 0.5) is 0 Å². The fourth-order valence-corrected chi connectivity index (χ4v) is 2.82. The molecule has 1 aliphatic rings. The molecule has 0 bridgehead atoms. The molecule has 1 atom stereocenters. The van der Waals surface area contributed by atoms with Crippen molar-refractivity contribution >= 4 is 5.97 Å². The molecule has 21 heavy (non-hydrogen) atoms. The van der Waals surface area contributed by atoms with E-state index in [9.17, 15) is 4.79 Å². The molecule has 1 fully saturated rings. The van der Waals surface area contributed by atoms with E-state index < -0.39 is 5.97 Å². The first kappa shape index (κ1) is 13.7. The second-order valence-electron chi connectivity index (χ2n) is 5.26. The summed E-state index contributed by atoms with van der Waals surface area (Å²) in [5.74, 6) is -0.889. The lowest BCUT2D eigenvalue weighted by atomic mass is 10.1. The van der Waals surface area contributed by atoms with E-state index in [0.29, 0.717) is 11.6 Å². The number of hydrogen-bond acceptors (Lipinski definition) is 4. The number of carboxylic acids is 1. The van der Waals surface area contributed by atoms with Crippen LogP contribution in [0.25, 0.3) is 0 Å². The van der Waals surface area contributed by atoms with Crippen LogP contribution in [0.2, 0.25) is 0 Å². The lowest BCUT2D eigenvalue weighted by Gasteiger charge is -2.23. The highest BCUT2D eigenvalue weighted by Gasteiger charge is 2.27. The maximum Gasteiger partial charge on any atom is 0.335 e. The zero-order valence-corrected chi connectivity index (χ0v) is 11.6. The summed E-state index contributed by atoms with van der Waals surface area (Å²) < 4.78 is 0. The van der Waals surface area contributed by atoms with Crippen molar-refractivity contribution in [3.8, 4) is 0 Å². The monoisotopic (exact) mass is 283 g/mol. The molecule has 0 saturated carbocycles. The summed E-state index contributed by atoms with van der Waals surface area (Å²) >= 11 is 0. The zero-order chi connectivity index (χ0) is 14.7. The van der Waals surface area contributed by atoms with E-state index in [1.54, 1.807) is 24.5 Å². The van der Waals surface area contributed by atoms with Gasteiger partial charge in [0.25, 0.3) is 0 Å². The Bertz CT molecular complexity index is 613. The van der Waals surface area contributed by atoms with Crippen molar-refractivity contribution < 1.29 is 9.90 Å². The first-order valence-corrected chi connectivity index (χ1v) is 7.06. The Morgan fingerprint density at radius 2 is 2.10 bits per heavy atom. The minimum Gasteiger partial charge on any atom is -0.478 e. The number of rotatable bonds is 4. The van der Waals surface area contributed by atoms with E-state index >= 15 is 0 Å². The first-order valence-electron chi connectivity index (χ1n) is 7.06. The SMILES string of the molecule is O=C(O)c1ccc(CN2CCCC2c2cnccn2)cc1. The molecular weight excluding hydrogens is 266 g/mol. The fraction of sp³-hybridized carbons (Fsp3) is 0.312. The molecule has 0 radical (unpaired) electrons. The van der Waals surface area contributed by atoms with Crippen LogP contribution < -0.4 is 0 Å². The summed E-state index contributed by atoms with van der Waals surface area (Å²) in [6.45, 7) is 1.84. The van der Waals surface area contributed by atoms with Gasteiger partial charge in [-0.3, -0.25) is 14.9 Å². The van der Waals surface area contributed by atoms with Crippen molar-refractivity contribution in [1.82, 2.24) is 14.9 Å². The molecule has 1 N–H and O–H groups in total. The lowest BCUT2D eigenvalue weighted by molar-refractivity contribution is 0.0697. The summed E-state index contributed by atoms with van der Waals surface area (Å²) in [5, 5.41) is 8.93. The highest BCUT2D eigenvalue weighted by Crippen LogP contribution is 2.31. The normalized spacial score (nSPS) is 18.8. The minimum absolute atomic E-state index is 0.304. The molecule has 0 amide bonds. The number of carbonyl (C=O) groups is 1. The van der Waals surface area contributed by atoms with E-state index in [1.807, 2.05) is 18.3 Å². The maximum atomic E-state index is 10.9. The Balaban J connectivity index is 1.73. The van der Waals surface area contributed by atoms with Crippen LogP contribution in [0.3, 0.4) is 0 Å². The highest BCUT2D eigenvalue weighted by molar-refractivity contribution is 5.87. The van der Waals surface area contributed by atoms with Crippen molar-refractivity contribution in [3.63, 3.8) is 0 Å². The van der Waals surface area contributed by atoms with Gasteiger partial charge in [-0.25, -0.2) is 4.79 Å². The topological polar surface area (TPSA) is 66.3 Å². The molecular formula is C16H17N3O2. The van der Waals surface area contributed by atoms with Crippen LogP contribution in [0.15, 0.2) is 42.9 Å². The van der Waals surface area contributed by atoms with Gasteiger partial charge in [0.05, 0.1) is 17.3 Å². The van der Waals surface area contributed by atoms with Gasteiger partial charge in [0.1, 0.15) is 0 Å². The third kappa shape index (κ3) is 3.08. The Labute approximate surface area is 123 Å². The van der Waals surface area contributed by atoms with Crippen LogP contribution in [-0.2, 0) is 6.54 Å². The number of likely N-dealkylation sites (tertiary alicyclic amines) is 1. The number of carboxylic acid groups (broad SMARTS) is 1. The van der Waals surface area contributed by atoms with Crippen molar-refractivity contribution in [3.05, 3.63) is 59.7 Å². The number of aromatic nitrogens is 2. The summed E-state index contributed by atoms with van der Waals surface area (Å²) in [5.41, 5.74) is 2.46. The number of benzene rings is 1. The quantitative estimate of drug-likeness (QED) is 0.934. The van der Waals surface area contributed by atoms with Gasteiger partial charge in [0, 0.05) is 25.1 Å². The molecule has 0 spiro atoms. The molecule has 2 aromatic rings. The average molecular weight is 283 g/mol. The number of nitrogens with zero attached hydrogens (tertiary/aromatic N) is 3. The molecule has 1 saturated heterocycles. The molecule has 0 aliphatic carbocycles. The first-order chi connectivity index (χ1) is 10.2. The molecule has 5 nitrogen and oxygen atoms in total. The molecule has 1 unspecified atom stereocenters. The average Bonchev–Trinajstić information content (AvgIpc) is 2.97. The zero-order valence-electron chi connectivity index (χ0n) is 11.6. The van der Waals surface area contributed by atoms with Crippen molar-refractivity contribution in [2.75, 3.05) is 6.54 Å². The number of hydrogen-bond donors (Lipinski definition) is 1. The maximum absolute atomic E-state index is 10.9. The molecule has 1 aromatic carbocycles. The second kappa shape index (κ2) is 6.01. The molecule has 1 aliphatic heterocycles. The van der Waals surface area contributed by atoms with E-state index in [4.69, 9.17) is 5.11 Å². The van der Waals surface area contributed by atoms with Gasteiger partial charge in [0.2, 0.25) is 0 Å². The fourth-order valence-electron chi connectivity index (χ4n) is 2.82. The molecule has 3 rings (SSSR count). The van der Waals surface area contributed by atoms with E-state index in [-0.39, 0.29) is 0 Å². The molecule has 5 heteroatoms. The van der Waals surface area contributed by atoms with Gasteiger partial charge >= 0.3 is 5.97 Å². The summed E-state index contributed by atoms with van der Waals surface area (Å²) in [6, 6.07) is 7.39. The lowest BCUT2D eigenvalue weighted by Crippen LogP contribution is -2.23. The van der Waals surface area contributed by atoms with Crippen LogP contribution in [0, 0.1) is 0 Å². The summed E-state index contributed by atoms with van der Waals surface area (Å²) in [6.07, 6.45) is 7.48. The Hall–Kier alpha value is -2.27. The van der Waals surface area contributed by atoms with Crippen LogP contribution >= 0.6 is 0 Å². The smallest absolute Gasteiger partial charge is 0.335 e. The van der Waals surface area contributed by atoms with E-state index in [2.05, 4.69) is 14.9 Å². The third-order valence-electron chi connectivity index (χ3n) is 3.87. The van der Waals surface area contributed by atoms with Gasteiger partial charge in [-0.2, -0.15) is 0 Å². The van der Waals surface area contributed by atoms with Crippen molar-refractivity contribution in [1.29, 1.82) is 0 Å². The number of aromatic carboxylic acids is 1. The third-order valence-corrected chi connectivity index (χ3v) is 3.87. The second-order valence-corrected chi connectivity index (χ2v) is 5.26. The molecule has 2 heterocycles. The van der Waals surface area contributed by atoms with Crippen LogP contribution in [0.5, 0.6) is 0 Å². The Kier molecular flexibility index (Phi) is 3.92. The van der Waals surface area contributed by atoms with Gasteiger partial charge < -0.3 is 5.11 Å². The summed E-state index contributed by atoms with van der Waals surface area (Å²) in [4.78, 5) is 21.8. The van der Waals surface area contributed by atoms with Crippen molar-refractivity contribution in [2.24, 2.45) is 0 Å². The molecule has 1 aromatic heterocycles. The van der Waals surface area contributed by atoms with Crippen molar-refractivity contribution in [2.45, 2.75) is 25.4 Å². The Morgan fingerprint density at radius 3 is 2.76 bits per heavy atom. The van der Waals surface area contributed by atoms with Crippen LogP contribution in [-0.4, -0.2) is 32.5 Å². The standard InChI is InChI=1S/C16H17N3O2/c20-16(21)13-5-3-12(4-6-13)11-19-9-1-2-15(19)14-10-17-7-8-18-14/h3-8,10,15H,1-2,9,11H2,(H,20,21). The molecule has 108 valence electrons. The summed E-state index contributed by atoms with van der Waals surface area (Å²) in [7, 11) is 0. The largest absolute Gasteiger partial charge is 0.478 e.